The number of benzene rings is 2. The van der Waals surface area contributed by atoms with E-state index in [1.165, 1.54) is 0 Å². The van der Waals surface area contributed by atoms with Gasteiger partial charge >= 0.3 is 5.51 Å². The number of rotatable bonds is 1. The lowest BCUT2D eigenvalue weighted by atomic mass is 10.1. The maximum atomic E-state index is 13.3. The summed E-state index contributed by atoms with van der Waals surface area (Å²) in [6.07, 6.45) is 0. The lowest BCUT2D eigenvalue weighted by Gasteiger charge is -2.16. The molecule has 0 bridgehead atoms. The molecule has 0 aromatic heterocycles. The fourth-order valence-electron chi connectivity index (χ4n) is 2.62. The first-order chi connectivity index (χ1) is 10.1. The molecule has 116 valence electrons. The molecular weight excluding hydrogens is 327 g/mol. The molecule has 8 heteroatoms. The van der Waals surface area contributed by atoms with E-state index >= 15 is 0 Å². The molecule has 0 radical (unpaired) electrons. The molecule has 0 heterocycles. The standard InChI is InChI=1S/C14H7F5O2S/c15-7-1-3-9-11(5-7)12-6-8(16)2-4-10(12)13(9)22(20,21)14(17,18)19/h1-6,13H. The molecule has 3 rings (SSSR count). The Morgan fingerprint density at radius 3 is 1.59 bits per heavy atom. The topological polar surface area (TPSA) is 34.1 Å². The Balaban J connectivity index is 2.36. The van der Waals surface area contributed by atoms with Gasteiger partial charge in [0.2, 0.25) is 0 Å². The average molecular weight is 334 g/mol. The van der Waals surface area contributed by atoms with Crippen molar-refractivity contribution in [3.05, 3.63) is 59.2 Å². The molecule has 0 spiro atoms. The zero-order chi connectivity index (χ0) is 16.3. The average Bonchev–Trinajstić information content (AvgIpc) is 2.71. The van der Waals surface area contributed by atoms with Crippen molar-refractivity contribution in [2.75, 3.05) is 0 Å². The van der Waals surface area contributed by atoms with Crippen molar-refractivity contribution in [2.45, 2.75) is 10.8 Å². The first kappa shape index (κ1) is 15.0. The smallest absolute Gasteiger partial charge is 0.219 e. The predicted octanol–water partition coefficient (Wildman–Crippen LogP) is 3.97. The number of alkyl halides is 3. The Kier molecular flexibility index (Phi) is 3.07. The Labute approximate surface area is 122 Å². The minimum atomic E-state index is -5.57. The fourth-order valence-corrected chi connectivity index (χ4v) is 3.96. The van der Waals surface area contributed by atoms with Gasteiger partial charge in [-0.2, -0.15) is 13.2 Å². The molecule has 2 nitrogen and oxygen atoms in total. The van der Waals surface area contributed by atoms with E-state index in [9.17, 15) is 30.4 Å². The van der Waals surface area contributed by atoms with Gasteiger partial charge in [-0.25, -0.2) is 17.2 Å². The summed E-state index contributed by atoms with van der Waals surface area (Å²) in [7, 11) is -5.57. The quantitative estimate of drug-likeness (QED) is 0.740. The van der Waals surface area contributed by atoms with E-state index in [0.717, 1.165) is 36.4 Å². The summed E-state index contributed by atoms with van der Waals surface area (Å²) in [6, 6.07) is 5.52. The molecule has 1 aliphatic rings. The summed E-state index contributed by atoms with van der Waals surface area (Å²) in [6.45, 7) is 0. The van der Waals surface area contributed by atoms with E-state index in [1.54, 1.807) is 0 Å². The predicted molar refractivity (Wildman–Crippen MR) is 68.6 cm³/mol. The second-order valence-corrected chi connectivity index (χ2v) is 6.86. The third-order valence-corrected chi connectivity index (χ3v) is 5.29. The van der Waals surface area contributed by atoms with Crippen molar-refractivity contribution < 1.29 is 30.4 Å². The maximum absolute atomic E-state index is 13.3. The van der Waals surface area contributed by atoms with Crippen LogP contribution in [0.2, 0.25) is 0 Å². The third kappa shape index (κ3) is 2.01. The minimum absolute atomic E-state index is 0.0488. The van der Waals surface area contributed by atoms with E-state index in [4.69, 9.17) is 0 Å². The van der Waals surface area contributed by atoms with Crippen molar-refractivity contribution in [2.24, 2.45) is 0 Å². The van der Waals surface area contributed by atoms with Crippen LogP contribution in [0.25, 0.3) is 11.1 Å². The van der Waals surface area contributed by atoms with Crippen molar-refractivity contribution in [3.8, 4) is 11.1 Å². The summed E-state index contributed by atoms with van der Waals surface area (Å²) in [5.74, 6) is -1.50. The second-order valence-electron chi connectivity index (χ2n) is 4.83. The SMILES string of the molecule is O=S(=O)(C1c2ccc(F)cc2-c2cc(F)ccc21)C(F)(F)F. The minimum Gasteiger partial charge on any atom is -0.219 e. The Morgan fingerprint density at radius 2 is 1.23 bits per heavy atom. The number of halogens is 5. The second kappa shape index (κ2) is 4.52. The highest BCUT2D eigenvalue weighted by atomic mass is 32.2. The van der Waals surface area contributed by atoms with Crippen LogP contribution in [0.4, 0.5) is 22.0 Å². The molecule has 2 aromatic rings. The molecule has 0 N–H and O–H groups in total. The largest absolute Gasteiger partial charge is 0.498 e. The van der Waals surface area contributed by atoms with E-state index < -0.39 is 32.2 Å². The highest BCUT2D eigenvalue weighted by Crippen LogP contribution is 2.51. The summed E-state index contributed by atoms with van der Waals surface area (Å²) in [5, 5.41) is -2.02. The van der Waals surface area contributed by atoms with Gasteiger partial charge in [0.1, 0.15) is 16.9 Å². The number of hydrogen-bond acceptors (Lipinski definition) is 2. The van der Waals surface area contributed by atoms with Crippen molar-refractivity contribution in [1.82, 2.24) is 0 Å². The maximum Gasteiger partial charge on any atom is 0.498 e. The number of sulfone groups is 1. The first-order valence-electron chi connectivity index (χ1n) is 6.02. The van der Waals surface area contributed by atoms with Crippen LogP contribution in [-0.2, 0) is 9.84 Å². The molecule has 0 amide bonds. The fraction of sp³-hybridized carbons (Fsp3) is 0.143. The zero-order valence-corrected chi connectivity index (χ0v) is 11.5. The van der Waals surface area contributed by atoms with Gasteiger partial charge in [-0.3, -0.25) is 0 Å². The van der Waals surface area contributed by atoms with Crippen LogP contribution >= 0.6 is 0 Å². The lowest BCUT2D eigenvalue weighted by molar-refractivity contribution is -0.0441. The van der Waals surface area contributed by atoms with Gasteiger partial charge in [-0.15, -0.1) is 0 Å². The highest BCUT2D eigenvalue weighted by Gasteiger charge is 2.54. The molecule has 0 unspecified atom stereocenters. The molecule has 0 saturated carbocycles. The van der Waals surface area contributed by atoms with Gasteiger partial charge in [0, 0.05) is 0 Å². The monoisotopic (exact) mass is 334 g/mol. The van der Waals surface area contributed by atoms with Gasteiger partial charge in [0.05, 0.1) is 0 Å². The van der Waals surface area contributed by atoms with Crippen LogP contribution in [0.5, 0.6) is 0 Å². The van der Waals surface area contributed by atoms with Gasteiger partial charge in [-0.1, -0.05) is 12.1 Å². The van der Waals surface area contributed by atoms with Crippen LogP contribution in [0.3, 0.4) is 0 Å². The summed E-state index contributed by atoms with van der Waals surface area (Å²) in [4.78, 5) is 0. The Bertz CT molecular complexity index is 820. The molecular formula is C14H7F5O2S. The van der Waals surface area contributed by atoms with Crippen molar-refractivity contribution >= 4 is 9.84 Å². The number of hydrogen-bond donors (Lipinski definition) is 0. The Morgan fingerprint density at radius 1 is 0.818 bits per heavy atom. The van der Waals surface area contributed by atoms with E-state index in [1.807, 2.05) is 0 Å². The van der Waals surface area contributed by atoms with Crippen LogP contribution < -0.4 is 0 Å². The first-order valence-corrected chi connectivity index (χ1v) is 7.57. The summed E-state index contributed by atoms with van der Waals surface area (Å²) >= 11 is 0. The molecule has 22 heavy (non-hydrogen) atoms. The highest BCUT2D eigenvalue weighted by molar-refractivity contribution is 7.92. The zero-order valence-electron chi connectivity index (χ0n) is 10.7. The number of fused-ring (bicyclic) bond motifs is 3. The van der Waals surface area contributed by atoms with Crippen LogP contribution in [-0.4, -0.2) is 13.9 Å². The van der Waals surface area contributed by atoms with E-state index in [0.29, 0.717) is 0 Å². The van der Waals surface area contributed by atoms with Crippen LogP contribution in [0.1, 0.15) is 16.4 Å². The van der Waals surface area contributed by atoms with Crippen LogP contribution in [0.15, 0.2) is 36.4 Å². The summed E-state index contributed by atoms with van der Waals surface area (Å²) < 4.78 is 89.1. The summed E-state index contributed by atoms with van der Waals surface area (Å²) in [5.41, 5.74) is -5.99. The normalized spacial score (nSPS) is 14.8. The molecule has 2 aromatic carbocycles. The molecule has 0 atom stereocenters. The molecule has 0 saturated heterocycles. The van der Waals surface area contributed by atoms with Crippen LogP contribution in [0, 0.1) is 11.6 Å². The van der Waals surface area contributed by atoms with E-state index in [-0.39, 0.29) is 22.3 Å². The third-order valence-electron chi connectivity index (χ3n) is 3.52. The molecule has 0 aliphatic heterocycles. The van der Waals surface area contributed by atoms with Crippen molar-refractivity contribution in [3.63, 3.8) is 0 Å². The van der Waals surface area contributed by atoms with Gasteiger partial charge in [-0.05, 0) is 46.5 Å². The molecule has 0 fully saturated rings. The van der Waals surface area contributed by atoms with Gasteiger partial charge in [0.15, 0.2) is 0 Å². The van der Waals surface area contributed by atoms with Gasteiger partial charge in [0.25, 0.3) is 9.84 Å². The van der Waals surface area contributed by atoms with Crippen molar-refractivity contribution in [1.29, 1.82) is 0 Å². The Hall–Kier alpha value is -1.96. The van der Waals surface area contributed by atoms with E-state index in [2.05, 4.69) is 0 Å². The molecule has 1 aliphatic carbocycles. The van der Waals surface area contributed by atoms with Gasteiger partial charge < -0.3 is 0 Å². The lowest BCUT2D eigenvalue weighted by Crippen LogP contribution is -2.28.